The minimum atomic E-state index is -0.285. The molecule has 2 aliphatic heterocycles. The third kappa shape index (κ3) is 1.50. The molecular formula is C14H12N4O. The normalized spacial score (nSPS) is 21.1. The minimum absolute atomic E-state index is 0.213. The van der Waals surface area contributed by atoms with Crippen LogP contribution in [0.15, 0.2) is 52.0 Å². The Morgan fingerprint density at radius 3 is 2.79 bits per heavy atom. The van der Waals surface area contributed by atoms with Crippen molar-refractivity contribution in [1.82, 2.24) is 0 Å². The number of hydrogen-bond donors (Lipinski definition) is 2. The van der Waals surface area contributed by atoms with Crippen molar-refractivity contribution >= 4 is 5.84 Å². The van der Waals surface area contributed by atoms with Gasteiger partial charge in [0.15, 0.2) is 5.88 Å². The van der Waals surface area contributed by atoms with Crippen LogP contribution in [0.3, 0.4) is 0 Å². The number of fused-ring (bicyclic) bond motifs is 3. The molecule has 2 aliphatic rings. The lowest BCUT2D eigenvalue weighted by atomic mass is 9.80. The van der Waals surface area contributed by atoms with E-state index in [0.717, 1.165) is 5.56 Å². The summed E-state index contributed by atoms with van der Waals surface area (Å²) in [4.78, 5) is 4.18. The van der Waals surface area contributed by atoms with Crippen LogP contribution in [0.1, 0.15) is 18.4 Å². The van der Waals surface area contributed by atoms with Crippen molar-refractivity contribution in [2.45, 2.75) is 12.8 Å². The Morgan fingerprint density at radius 2 is 2.05 bits per heavy atom. The van der Waals surface area contributed by atoms with E-state index >= 15 is 0 Å². The van der Waals surface area contributed by atoms with Gasteiger partial charge in [-0.05, 0) is 13.0 Å². The number of para-hydroxylation sites is 1. The zero-order valence-electron chi connectivity index (χ0n) is 10.3. The number of nitriles is 1. The number of rotatable bonds is 0. The van der Waals surface area contributed by atoms with E-state index in [1.54, 1.807) is 6.92 Å². The molecule has 0 saturated carbocycles. The number of nitrogens with zero attached hydrogens (tertiary/aromatic N) is 2. The van der Waals surface area contributed by atoms with Gasteiger partial charge in [0, 0.05) is 5.56 Å². The molecule has 1 aromatic carbocycles. The molecule has 5 heteroatoms. The SMILES string of the molecule is CC1=C(C#N)C2C(=C(N)Oc3ccccc32)C(N)=N1. The maximum Gasteiger partial charge on any atom is 0.198 e. The first-order valence-corrected chi connectivity index (χ1v) is 5.85. The number of benzene rings is 1. The topological polar surface area (TPSA) is 97.4 Å². The van der Waals surface area contributed by atoms with Gasteiger partial charge in [0.05, 0.1) is 28.8 Å². The summed E-state index contributed by atoms with van der Waals surface area (Å²) in [5.41, 5.74) is 14.5. The zero-order valence-corrected chi connectivity index (χ0v) is 10.3. The van der Waals surface area contributed by atoms with Gasteiger partial charge in [0.2, 0.25) is 0 Å². The highest BCUT2D eigenvalue weighted by molar-refractivity contribution is 6.02. The summed E-state index contributed by atoms with van der Waals surface area (Å²) in [7, 11) is 0. The van der Waals surface area contributed by atoms with Crippen molar-refractivity contribution in [3.63, 3.8) is 0 Å². The fourth-order valence-electron chi connectivity index (χ4n) is 2.51. The van der Waals surface area contributed by atoms with Crippen LogP contribution in [0.5, 0.6) is 5.75 Å². The van der Waals surface area contributed by atoms with Gasteiger partial charge < -0.3 is 16.2 Å². The summed E-state index contributed by atoms with van der Waals surface area (Å²) in [6, 6.07) is 9.70. The van der Waals surface area contributed by atoms with E-state index < -0.39 is 0 Å². The molecule has 19 heavy (non-hydrogen) atoms. The molecule has 2 heterocycles. The van der Waals surface area contributed by atoms with Crippen LogP contribution < -0.4 is 16.2 Å². The van der Waals surface area contributed by atoms with Crippen LogP contribution in [0.2, 0.25) is 0 Å². The number of allylic oxidation sites excluding steroid dienone is 2. The Balaban J connectivity index is 2.31. The number of amidine groups is 1. The molecule has 0 radical (unpaired) electrons. The molecular weight excluding hydrogens is 240 g/mol. The minimum Gasteiger partial charge on any atom is -0.441 e. The predicted molar refractivity (Wildman–Crippen MR) is 71.0 cm³/mol. The summed E-state index contributed by atoms with van der Waals surface area (Å²) in [6.07, 6.45) is 0. The first kappa shape index (κ1) is 11.4. The quantitative estimate of drug-likeness (QED) is 0.731. The Morgan fingerprint density at radius 1 is 1.32 bits per heavy atom. The lowest BCUT2D eigenvalue weighted by Crippen LogP contribution is -2.32. The van der Waals surface area contributed by atoms with Gasteiger partial charge in [0.1, 0.15) is 11.6 Å². The molecule has 0 aromatic heterocycles. The first-order chi connectivity index (χ1) is 9.13. The molecule has 94 valence electrons. The van der Waals surface area contributed by atoms with Crippen molar-refractivity contribution < 1.29 is 4.74 Å². The summed E-state index contributed by atoms with van der Waals surface area (Å²) in [6.45, 7) is 1.77. The molecule has 0 amide bonds. The van der Waals surface area contributed by atoms with Crippen molar-refractivity contribution in [3.05, 3.63) is 52.6 Å². The maximum absolute atomic E-state index is 9.38. The van der Waals surface area contributed by atoms with Crippen LogP contribution in [0.25, 0.3) is 0 Å². The maximum atomic E-state index is 9.38. The number of aliphatic imine (C=N–C) groups is 1. The Kier molecular flexibility index (Phi) is 2.32. The average molecular weight is 252 g/mol. The molecule has 4 N–H and O–H groups in total. The molecule has 3 rings (SSSR count). The fraction of sp³-hybridized carbons (Fsp3) is 0.143. The number of ether oxygens (including phenoxy) is 1. The smallest absolute Gasteiger partial charge is 0.198 e. The highest BCUT2D eigenvalue weighted by Crippen LogP contribution is 2.44. The molecule has 0 spiro atoms. The summed E-state index contributed by atoms with van der Waals surface area (Å²) >= 11 is 0. The van der Waals surface area contributed by atoms with Crippen LogP contribution in [0, 0.1) is 11.3 Å². The van der Waals surface area contributed by atoms with Gasteiger partial charge in [-0.2, -0.15) is 5.26 Å². The monoisotopic (exact) mass is 252 g/mol. The predicted octanol–water partition coefficient (Wildman–Crippen LogP) is 1.50. The summed E-state index contributed by atoms with van der Waals surface area (Å²) < 4.78 is 5.56. The van der Waals surface area contributed by atoms with Gasteiger partial charge >= 0.3 is 0 Å². The van der Waals surface area contributed by atoms with Crippen molar-refractivity contribution in [2.75, 3.05) is 0 Å². The van der Waals surface area contributed by atoms with Crippen molar-refractivity contribution in [1.29, 1.82) is 5.26 Å². The Labute approximate surface area is 110 Å². The highest BCUT2D eigenvalue weighted by atomic mass is 16.5. The molecule has 5 nitrogen and oxygen atoms in total. The van der Waals surface area contributed by atoms with Gasteiger partial charge in [-0.25, -0.2) is 4.99 Å². The van der Waals surface area contributed by atoms with E-state index in [0.29, 0.717) is 28.4 Å². The van der Waals surface area contributed by atoms with Gasteiger partial charge in [-0.1, -0.05) is 18.2 Å². The van der Waals surface area contributed by atoms with Gasteiger partial charge in [0.25, 0.3) is 0 Å². The van der Waals surface area contributed by atoms with Crippen molar-refractivity contribution in [3.8, 4) is 11.8 Å². The highest BCUT2D eigenvalue weighted by Gasteiger charge is 2.37. The van der Waals surface area contributed by atoms with E-state index in [-0.39, 0.29) is 11.8 Å². The van der Waals surface area contributed by atoms with Crippen LogP contribution >= 0.6 is 0 Å². The fourth-order valence-corrected chi connectivity index (χ4v) is 2.51. The van der Waals surface area contributed by atoms with Crippen LogP contribution in [0.4, 0.5) is 0 Å². The lowest BCUT2D eigenvalue weighted by molar-refractivity contribution is 0.394. The van der Waals surface area contributed by atoms with Crippen LogP contribution in [-0.2, 0) is 0 Å². The van der Waals surface area contributed by atoms with Crippen LogP contribution in [-0.4, -0.2) is 5.84 Å². The standard InChI is InChI=1S/C14H12N4O/c1-7-9(6-15)11-8-4-2-3-5-10(8)19-14(17)12(11)13(16)18-7/h2-5,11H,17H2,1H3,(H2,16,18). The molecule has 1 unspecified atom stereocenters. The first-order valence-electron chi connectivity index (χ1n) is 5.85. The third-order valence-corrected chi connectivity index (χ3v) is 3.37. The summed E-state index contributed by atoms with van der Waals surface area (Å²) in [5, 5.41) is 9.38. The molecule has 0 fully saturated rings. The van der Waals surface area contributed by atoms with E-state index in [4.69, 9.17) is 16.2 Å². The average Bonchev–Trinajstić information content (AvgIpc) is 2.38. The van der Waals surface area contributed by atoms with Gasteiger partial charge in [-0.15, -0.1) is 0 Å². The molecule has 0 saturated heterocycles. The second kappa shape index (κ2) is 3.89. The Hall–Kier alpha value is -2.74. The number of nitrogens with two attached hydrogens (primary N) is 2. The molecule has 0 aliphatic carbocycles. The second-order valence-electron chi connectivity index (χ2n) is 4.46. The lowest BCUT2D eigenvalue weighted by Gasteiger charge is -2.31. The summed E-state index contributed by atoms with van der Waals surface area (Å²) in [5.74, 6) is 0.898. The number of hydrogen-bond acceptors (Lipinski definition) is 5. The largest absolute Gasteiger partial charge is 0.441 e. The van der Waals surface area contributed by atoms with E-state index in [1.165, 1.54) is 0 Å². The zero-order chi connectivity index (χ0) is 13.6. The second-order valence-corrected chi connectivity index (χ2v) is 4.46. The van der Waals surface area contributed by atoms with E-state index in [9.17, 15) is 5.26 Å². The third-order valence-electron chi connectivity index (χ3n) is 3.37. The molecule has 0 bridgehead atoms. The van der Waals surface area contributed by atoms with E-state index in [1.807, 2.05) is 24.3 Å². The Bertz CT molecular complexity index is 706. The van der Waals surface area contributed by atoms with Crippen molar-refractivity contribution in [2.24, 2.45) is 16.5 Å². The van der Waals surface area contributed by atoms with E-state index in [2.05, 4.69) is 11.1 Å². The molecule has 1 atom stereocenters. The van der Waals surface area contributed by atoms with Gasteiger partial charge in [-0.3, -0.25) is 0 Å². The molecule has 1 aromatic rings.